The number of carbonyl (C=O) groups is 4. The van der Waals surface area contributed by atoms with Gasteiger partial charge in [-0.2, -0.15) is 0 Å². The number of phosphoric acid groups is 1. The van der Waals surface area contributed by atoms with Gasteiger partial charge in [-0.25, -0.2) is 9.36 Å². The lowest BCUT2D eigenvalue weighted by molar-refractivity contribution is -0.138. The molecule has 1 aliphatic carbocycles. The molecule has 0 bridgehead atoms. The van der Waals surface area contributed by atoms with E-state index in [1.165, 1.54) is 24.3 Å². The third kappa shape index (κ3) is 9.32. The molecule has 1 unspecified atom stereocenters. The molecule has 282 valence electrons. The first-order chi connectivity index (χ1) is 25.0. The summed E-state index contributed by atoms with van der Waals surface area (Å²) in [6.07, 6.45) is -0.812. The highest BCUT2D eigenvalue weighted by atomic mass is 35.5. The third-order valence-electron chi connectivity index (χ3n) is 9.60. The molecule has 0 aliphatic heterocycles. The van der Waals surface area contributed by atoms with Crippen LogP contribution in [0.1, 0.15) is 49.1 Å². The molecule has 0 spiro atoms. The number of primary amides is 1. The topological polar surface area (TPSA) is 224 Å². The number of phosphoric ester groups is 1. The van der Waals surface area contributed by atoms with E-state index in [9.17, 15) is 38.6 Å². The van der Waals surface area contributed by atoms with Crippen LogP contribution in [0.3, 0.4) is 0 Å². The zero-order chi connectivity index (χ0) is 38.7. The second-order valence-electron chi connectivity index (χ2n) is 13.2. The molecule has 14 nitrogen and oxygen atoms in total. The molecule has 1 heterocycles. The number of hydrogen-bond donors (Lipinski definition) is 7. The Balaban J connectivity index is 1.58. The summed E-state index contributed by atoms with van der Waals surface area (Å²) in [5.41, 5.74) is 7.11. The number of carboxylic acid groups (broad SMARTS) is 1. The Morgan fingerprint density at radius 2 is 1.74 bits per heavy atom. The standard InChI is InChI=1S/C36H40Cl2N5O9P/c1-3-20(2)30(32(39)44)41-34(46)36(14-13-28-26(18-36)25-16-23(37)17-27(38)31(25)40-28)42-33(45)29(43(35(47)48)19-22-7-5-4-6-8-22)15-21-9-11-24(12-10-21)52-53(49,50)51/h4-12,16-17,20,29-30,40H,3,13-15,18-19H2,1-2H3,(H2,39,44)(H,41,46)(H,42,45)(H,47,48)(H2,49,50,51)/t20-,29?,30-,36+/m0/s1. The normalized spacial score (nSPS) is 17.2. The summed E-state index contributed by atoms with van der Waals surface area (Å²) in [5.74, 6) is -2.70. The van der Waals surface area contributed by atoms with E-state index in [0.717, 1.165) is 10.6 Å². The Morgan fingerprint density at radius 1 is 1.06 bits per heavy atom. The zero-order valence-corrected chi connectivity index (χ0v) is 31.3. The molecule has 4 aromatic rings. The fourth-order valence-electron chi connectivity index (χ4n) is 6.64. The van der Waals surface area contributed by atoms with Crippen LogP contribution in [-0.4, -0.2) is 66.2 Å². The molecule has 8 N–H and O–H groups in total. The molecule has 0 saturated heterocycles. The molecule has 0 fully saturated rings. The fourth-order valence-corrected chi connectivity index (χ4v) is 7.58. The monoisotopic (exact) mass is 787 g/mol. The van der Waals surface area contributed by atoms with Crippen molar-refractivity contribution in [1.29, 1.82) is 0 Å². The highest BCUT2D eigenvalue weighted by molar-refractivity contribution is 7.46. The molecular weight excluding hydrogens is 748 g/mol. The number of aromatic amines is 1. The van der Waals surface area contributed by atoms with E-state index in [2.05, 4.69) is 20.1 Å². The van der Waals surface area contributed by atoms with Gasteiger partial charge in [-0.15, -0.1) is 0 Å². The molecule has 4 atom stereocenters. The largest absolute Gasteiger partial charge is 0.524 e. The summed E-state index contributed by atoms with van der Waals surface area (Å²) in [6, 6.07) is 14.9. The number of hydrogen-bond acceptors (Lipinski definition) is 6. The smallest absolute Gasteiger partial charge is 0.465 e. The van der Waals surface area contributed by atoms with Crippen molar-refractivity contribution >= 4 is 65.7 Å². The van der Waals surface area contributed by atoms with Crippen LogP contribution < -0.4 is 20.9 Å². The van der Waals surface area contributed by atoms with Crippen molar-refractivity contribution in [3.8, 4) is 5.75 Å². The van der Waals surface area contributed by atoms with Gasteiger partial charge in [0.2, 0.25) is 17.7 Å². The number of carbonyl (C=O) groups excluding carboxylic acids is 3. The van der Waals surface area contributed by atoms with Crippen molar-refractivity contribution in [1.82, 2.24) is 20.5 Å². The number of aromatic nitrogens is 1. The Bertz CT molecular complexity index is 2060. The first-order valence-corrected chi connectivity index (χ1v) is 19.1. The maximum absolute atomic E-state index is 14.7. The van der Waals surface area contributed by atoms with Gasteiger partial charge in [0, 0.05) is 35.5 Å². The zero-order valence-electron chi connectivity index (χ0n) is 28.8. The summed E-state index contributed by atoms with van der Waals surface area (Å²) in [4.78, 5) is 77.4. The van der Waals surface area contributed by atoms with Crippen LogP contribution in [0.2, 0.25) is 10.0 Å². The van der Waals surface area contributed by atoms with E-state index >= 15 is 0 Å². The maximum atomic E-state index is 14.7. The molecule has 5 rings (SSSR count). The minimum Gasteiger partial charge on any atom is -0.465 e. The van der Waals surface area contributed by atoms with Crippen molar-refractivity contribution in [3.05, 3.63) is 99.2 Å². The van der Waals surface area contributed by atoms with Crippen molar-refractivity contribution in [3.63, 3.8) is 0 Å². The van der Waals surface area contributed by atoms with Crippen LogP contribution in [0.5, 0.6) is 5.75 Å². The first-order valence-electron chi connectivity index (χ1n) is 16.8. The Hall–Kier alpha value is -4.59. The van der Waals surface area contributed by atoms with Crippen molar-refractivity contribution in [2.45, 2.75) is 70.1 Å². The number of benzene rings is 3. The molecule has 0 radical (unpaired) electrons. The van der Waals surface area contributed by atoms with E-state index in [1.54, 1.807) is 49.4 Å². The molecular formula is C36H40Cl2N5O9P. The number of amides is 4. The van der Waals surface area contributed by atoms with Gasteiger partial charge in [-0.3, -0.25) is 29.1 Å². The van der Waals surface area contributed by atoms with Gasteiger partial charge in [-0.1, -0.05) is 85.9 Å². The summed E-state index contributed by atoms with van der Waals surface area (Å²) < 4.78 is 16.0. The van der Waals surface area contributed by atoms with Gasteiger partial charge in [-0.05, 0) is 59.7 Å². The van der Waals surface area contributed by atoms with Crippen molar-refractivity contribution < 1.29 is 43.2 Å². The van der Waals surface area contributed by atoms with Crippen LogP contribution in [-0.2, 0) is 44.8 Å². The summed E-state index contributed by atoms with van der Waals surface area (Å²) in [5, 5.41) is 17.6. The number of H-pyrrole nitrogens is 1. The number of rotatable bonds is 14. The predicted octanol–water partition coefficient (Wildman–Crippen LogP) is 5.10. The SMILES string of the molecule is CC[C@H](C)[C@H](NC(=O)[C@@]1(NC(=O)C(Cc2ccc(OP(=O)(O)O)cc2)N(Cc2ccccc2)C(=O)O)CCc2[nH]c3c(Cl)cc(Cl)cc3c2C1)C(N)=O. The minimum atomic E-state index is -4.85. The van der Waals surface area contributed by atoms with Crippen molar-refractivity contribution in [2.24, 2.45) is 11.7 Å². The minimum absolute atomic E-state index is 0.0601. The molecule has 53 heavy (non-hydrogen) atoms. The van der Waals surface area contributed by atoms with Gasteiger partial charge in [0.15, 0.2) is 0 Å². The summed E-state index contributed by atoms with van der Waals surface area (Å²) in [6.45, 7) is 3.43. The molecule has 1 aliphatic rings. The predicted molar refractivity (Wildman–Crippen MR) is 198 cm³/mol. The Kier molecular flexibility index (Phi) is 12.1. The average Bonchev–Trinajstić information content (AvgIpc) is 3.46. The van der Waals surface area contributed by atoms with Crippen molar-refractivity contribution in [2.75, 3.05) is 0 Å². The van der Waals surface area contributed by atoms with Crippen LogP contribution in [0, 0.1) is 5.92 Å². The molecule has 17 heteroatoms. The van der Waals surface area contributed by atoms with Crippen LogP contribution in [0.25, 0.3) is 10.9 Å². The quantitative estimate of drug-likeness (QED) is 0.0844. The molecule has 0 saturated carbocycles. The summed E-state index contributed by atoms with van der Waals surface area (Å²) in [7, 11) is -4.85. The lowest BCUT2D eigenvalue weighted by Crippen LogP contribution is -2.67. The lowest BCUT2D eigenvalue weighted by atomic mass is 9.78. The number of nitrogens with one attached hydrogen (secondary N) is 3. The van der Waals surface area contributed by atoms with E-state index in [4.69, 9.17) is 28.9 Å². The lowest BCUT2D eigenvalue weighted by Gasteiger charge is -2.40. The number of halogens is 2. The highest BCUT2D eigenvalue weighted by Gasteiger charge is 2.47. The number of nitrogens with two attached hydrogens (primary N) is 1. The van der Waals surface area contributed by atoms with Gasteiger partial charge in [0.05, 0.1) is 10.5 Å². The summed E-state index contributed by atoms with van der Waals surface area (Å²) >= 11 is 12.9. The molecule has 4 amide bonds. The van der Waals surface area contributed by atoms with Crippen LogP contribution in [0.4, 0.5) is 4.79 Å². The van der Waals surface area contributed by atoms with Crippen LogP contribution >= 0.6 is 31.0 Å². The third-order valence-corrected chi connectivity index (χ3v) is 10.6. The van der Waals surface area contributed by atoms with Gasteiger partial charge in [0.25, 0.3) is 0 Å². The van der Waals surface area contributed by atoms with E-state index in [1.807, 2.05) is 6.92 Å². The first kappa shape index (κ1) is 39.6. The average molecular weight is 789 g/mol. The van der Waals surface area contributed by atoms with Gasteiger partial charge >= 0.3 is 13.9 Å². The van der Waals surface area contributed by atoms with E-state index in [0.29, 0.717) is 44.1 Å². The molecule has 1 aromatic heterocycles. The van der Waals surface area contributed by atoms with E-state index < -0.39 is 49.3 Å². The number of aryl methyl sites for hydroxylation is 1. The second kappa shape index (κ2) is 16.2. The van der Waals surface area contributed by atoms with Crippen LogP contribution in [0.15, 0.2) is 66.7 Å². The fraction of sp³-hybridized carbons (Fsp3) is 0.333. The van der Waals surface area contributed by atoms with Gasteiger partial charge < -0.3 is 31.0 Å². The maximum Gasteiger partial charge on any atom is 0.524 e. The Morgan fingerprint density at radius 3 is 2.34 bits per heavy atom. The van der Waals surface area contributed by atoms with E-state index in [-0.39, 0.29) is 43.9 Å². The van der Waals surface area contributed by atoms with Gasteiger partial charge in [0.1, 0.15) is 23.4 Å². The highest BCUT2D eigenvalue weighted by Crippen LogP contribution is 2.39. The second-order valence-corrected chi connectivity index (χ2v) is 15.2. The Labute approximate surface area is 315 Å². The number of fused-ring (bicyclic) bond motifs is 3. The molecule has 3 aromatic carbocycles. The number of nitrogens with zero attached hydrogens (tertiary/aromatic N) is 1.